The largest absolute Gasteiger partial charge is 0.480 e. The van der Waals surface area contributed by atoms with Gasteiger partial charge in [-0.15, -0.1) is 0 Å². The molecule has 1 aromatic carbocycles. The van der Waals surface area contributed by atoms with Crippen molar-refractivity contribution in [3.05, 3.63) is 34.9 Å². The topological polar surface area (TPSA) is 40.5 Å². The summed E-state index contributed by atoms with van der Waals surface area (Å²) in [5, 5.41) is 8.74. The molecule has 0 bridgehead atoms. The van der Waals surface area contributed by atoms with Crippen molar-refractivity contribution in [1.82, 2.24) is 4.90 Å². The van der Waals surface area contributed by atoms with Gasteiger partial charge < -0.3 is 5.11 Å². The molecule has 1 rings (SSSR count). The van der Waals surface area contributed by atoms with Gasteiger partial charge in [-0.05, 0) is 36.1 Å². The van der Waals surface area contributed by atoms with Gasteiger partial charge in [0.2, 0.25) is 0 Å². The minimum atomic E-state index is -0.790. The molecule has 0 saturated carbocycles. The average Bonchev–Trinajstić information content (AvgIpc) is 2.18. The lowest BCUT2D eigenvalue weighted by molar-refractivity contribution is -0.138. The molecule has 0 saturated heterocycles. The lowest BCUT2D eigenvalue weighted by atomic mass is 9.85. The van der Waals surface area contributed by atoms with Gasteiger partial charge in [0.25, 0.3) is 0 Å². The standard InChI is InChI=1S/C15H23NO2/c1-11-8-13(15(2,3)4)7-6-12(11)9-16(5)10-14(17)18/h6-8H,9-10H2,1-5H3,(H,17,18). The van der Waals surface area contributed by atoms with Crippen molar-refractivity contribution in [1.29, 1.82) is 0 Å². The van der Waals surface area contributed by atoms with Gasteiger partial charge in [-0.25, -0.2) is 0 Å². The van der Waals surface area contributed by atoms with Crippen molar-refractivity contribution >= 4 is 5.97 Å². The van der Waals surface area contributed by atoms with Crippen LogP contribution in [0, 0.1) is 6.92 Å². The van der Waals surface area contributed by atoms with Gasteiger partial charge in [-0.3, -0.25) is 9.69 Å². The Balaban J connectivity index is 2.83. The summed E-state index contributed by atoms with van der Waals surface area (Å²) in [6, 6.07) is 6.44. The van der Waals surface area contributed by atoms with Crippen molar-refractivity contribution in [2.45, 2.75) is 39.7 Å². The Hall–Kier alpha value is -1.35. The molecule has 1 N–H and O–H groups in total. The smallest absolute Gasteiger partial charge is 0.317 e. The van der Waals surface area contributed by atoms with Crippen molar-refractivity contribution in [2.75, 3.05) is 13.6 Å². The highest BCUT2D eigenvalue weighted by Gasteiger charge is 2.15. The van der Waals surface area contributed by atoms with E-state index in [1.807, 2.05) is 7.05 Å². The van der Waals surface area contributed by atoms with Crippen molar-refractivity contribution < 1.29 is 9.90 Å². The average molecular weight is 249 g/mol. The molecule has 0 radical (unpaired) electrons. The fourth-order valence-corrected chi connectivity index (χ4v) is 1.92. The Morgan fingerprint density at radius 1 is 1.33 bits per heavy atom. The number of carbonyl (C=O) groups is 1. The van der Waals surface area contributed by atoms with Gasteiger partial charge in [-0.1, -0.05) is 39.0 Å². The van der Waals surface area contributed by atoms with E-state index in [9.17, 15) is 4.79 Å². The second-order valence-corrected chi connectivity index (χ2v) is 5.96. The molecule has 0 spiro atoms. The first-order valence-corrected chi connectivity index (χ1v) is 6.20. The Kier molecular flexibility index (Phi) is 4.52. The van der Waals surface area contributed by atoms with Crippen LogP contribution in [0.2, 0.25) is 0 Å². The van der Waals surface area contributed by atoms with Gasteiger partial charge >= 0.3 is 5.97 Å². The first-order valence-electron chi connectivity index (χ1n) is 6.20. The summed E-state index contributed by atoms with van der Waals surface area (Å²) in [7, 11) is 1.82. The summed E-state index contributed by atoms with van der Waals surface area (Å²) >= 11 is 0. The third kappa shape index (κ3) is 4.15. The number of hydrogen-bond acceptors (Lipinski definition) is 2. The van der Waals surface area contributed by atoms with Gasteiger partial charge in [0, 0.05) is 6.54 Å². The van der Waals surface area contributed by atoms with Crippen LogP contribution < -0.4 is 0 Å². The van der Waals surface area contributed by atoms with Crippen LogP contribution in [-0.2, 0) is 16.8 Å². The Labute approximate surface area is 109 Å². The molecular formula is C15H23NO2. The van der Waals surface area contributed by atoms with E-state index in [2.05, 4.69) is 45.9 Å². The van der Waals surface area contributed by atoms with Crippen molar-refractivity contribution in [3.8, 4) is 0 Å². The minimum Gasteiger partial charge on any atom is -0.480 e. The van der Waals surface area contributed by atoms with E-state index >= 15 is 0 Å². The third-order valence-corrected chi connectivity index (χ3v) is 3.05. The Bertz CT molecular complexity index is 433. The second kappa shape index (κ2) is 5.53. The molecular weight excluding hydrogens is 226 g/mol. The van der Waals surface area contributed by atoms with Gasteiger partial charge in [0.15, 0.2) is 0 Å². The molecule has 0 aliphatic heterocycles. The van der Waals surface area contributed by atoms with Crippen LogP contribution in [0.25, 0.3) is 0 Å². The fraction of sp³-hybridized carbons (Fsp3) is 0.533. The van der Waals surface area contributed by atoms with E-state index in [0.717, 1.165) is 0 Å². The van der Waals surface area contributed by atoms with Crippen LogP contribution in [0.1, 0.15) is 37.5 Å². The maximum Gasteiger partial charge on any atom is 0.317 e. The Morgan fingerprint density at radius 2 is 1.94 bits per heavy atom. The zero-order valence-electron chi connectivity index (χ0n) is 11.9. The number of aliphatic carboxylic acids is 1. The summed E-state index contributed by atoms with van der Waals surface area (Å²) < 4.78 is 0. The number of carboxylic acids is 1. The molecule has 0 aliphatic rings. The predicted octanol–water partition coefficient (Wildman–Crippen LogP) is 2.81. The summed E-state index contributed by atoms with van der Waals surface area (Å²) in [6.45, 7) is 9.40. The summed E-state index contributed by atoms with van der Waals surface area (Å²) in [5.74, 6) is -0.790. The third-order valence-electron chi connectivity index (χ3n) is 3.05. The van der Waals surface area contributed by atoms with E-state index < -0.39 is 5.97 Å². The molecule has 0 atom stereocenters. The zero-order chi connectivity index (χ0) is 13.9. The van der Waals surface area contributed by atoms with Crippen molar-refractivity contribution in [3.63, 3.8) is 0 Å². The summed E-state index contributed by atoms with van der Waals surface area (Å²) in [5.41, 5.74) is 3.87. The normalized spacial score (nSPS) is 11.9. The molecule has 100 valence electrons. The zero-order valence-corrected chi connectivity index (χ0v) is 11.9. The lowest BCUT2D eigenvalue weighted by Gasteiger charge is -2.22. The van der Waals surface area contributed by atoms with E-state index in [1.165, 1.54) is 16.7 Å². The first kappa shape index (κ1) is 14.7. The highest BCUT2D eigenvalue weighted by Crippen LogP contribution is 2.24. The van der Waals surface area contributed by atoms with E-state index in [4.69, 9.17) is 5.11 Å². The summed E-state index contributed by atoms with van der Waals surface area (Å²) in [6.07, 6.45) is 0. The van der Waals surface area contributed by atoms with Gasteiger partial charge in [-0.2, -0.15) is 0 Å². The number of rotatable bonds is 4. The number of hydrogen-bond donors (Lipinski definition) is 1. The van der Waals surface area contributed by atoms with Crippen LogP contribution in [0.3, 0.4) is 0 Å². The van der Waals surface area contributed by atoms with Crippen LogP contribution in [0.15, 0.2) is 18.2 Å². The van der Waals surface area contributed by atoms with Crippen LogP contribution in [0.5, 0.6) is 0 Å². The monoisotopic (exact) mass is 249 g/mol. The molecule has 0 aromatic heterocycles. The van der Waals surface area contributed by atoms with Crippen molar-refractivity contribution in [2.24, 2.45) is 0 Å². The van der Waals surface area contributed by atoms with Gasteiger partial charge in [0.1, 0.15) is 0 Å². The van der Waals surface area contributed by atoms with E-state index in [-0.39, 0.29) is 12.0 Å². The first-order chi connectivity index (χ1) is 8.20. The molecule has 0 fully saturated rings. The molecule has 18 heavy (non-hydrogen) atoms. The molecule has 0 unspecified atom stereocenters. The Morgan fingerprint density at radius 3 is 2.39 bits per heavy atom. The SMILES string of the molecule is Cc1cc(C(C)(C)C)ccc1CN(C)CC(=O)O. The lowest BCUT2D eigenvalue weighted by Crippen LogP contribution is -2.25. The molecule has 0 aliphatic carbocycles. The maximum atomic E-state index is 10.6. The predicted molar refractivity (Wildman–Crippen MR) is 73.8 cm³/mol. The minimum absolute atomic E-state index is 0.0699. The molecule has 3 nitrogen and oxygen atoms in total. The number of likely N-dealkylation sites (N-methyl/N-ethyl adjacent to an activating group) is 1. The molecule has 1 aromatic rings. The molecule has 3 heteroatoms. The highest BCUT2D eigenvalue weighted by molar-refractivity contribution is 5.69. The molecule has 0 heterocycles. The second-order valence-electron chi connectivity index (χ2n) is 5.96. The maximum absolute atomic E-state index is 10.6. The van der Waals surface area contributed by atoms with Crippen LogP contribution in [-0.4, -0.2) is 29.6 Å². The quantitative estimate of drug-likeness (QED) is 0.892. The van der Waals surface area contributed by atoms with Crippen LogP contribution in [0.4, 0.5) is 0 Å². The number of nitrogens with zero attached hydrogens (tertiary/aromatic N) is 1. The number of benzene rings is 1. The van der Waals surface area contributed by atoms with Gasteiger partial charge in [0.05, 0.1) is 6.54 Å². The van der Waals surface area contributed by atoms with E-state index in [0.29, 0.717) is 6.54 Å². The van der Waals surface area contributed by atoms with Crippen LogP contribution >= 0.6 is 0 Å². The van der Waals surface area contributed by atoms with E-state index in [1.54, 1.807) is 4.90 Å². The molecule has 0 amide bonds. The fourth-order valence-electron chi connectivity index (χ4n) is 1.92. The highest BCUT2D eigenvalue weighted by atomic mass is 16.4. The number of carboxylic acid groups (broad SMARTS) is 1. The number of aryl methyl sites for hydroxylation is 1. The summed E-state index contributed by atoms with van der Waals surface area (Å²) in [4.78, 5) is 12.4.